The molecule has 2 aromatic rings. The van der Waals surface area contributed by atoms with Crippen molar-refractivity contribution in [2.75, 3.05) is 0 Å². The van der Waals surface area contributed by atoms with Crippen LogP contribution in [-0.2, 0) is 0 Å². The molecule has 0 atom stereocenters. The molecule has 4 nitrogen and oxygen atoms in total. The van der Waals surface area contributed by atoms with Crippen molar-refractivity contribution < 1.29 is 4.79 Å². The van der Waals surface area contributed by atoms with Crippen LogP contribution in [0.1, 0.15) is 140 Å². The third kappa shape index (κ3) is 12.5. The second-order valence-corrected chi connectivity index (χ2v) is 9.84. The number of hydrogen-bond donors (Lipinski definition) is 0. The number of hydrogen-bond acceptors (Lipinski definition) is 3. The molecule has 0 radical (unpaired) electrons. The van der Waals surface area contributed by atoms with E-state index >= 15 is 0 Å². The van der Waals surface area contributed by atoms with Crippen LogP contribution in [-0.4, -0.2) is 20.9 Å². The number of nitrogens with zero attached hydrogens (tertiary/aromatic N) is 3. The maximum atomic E-state index is 12.4. The van der Waals surface area contributed by atoms with Gasteiger partial charge in [-0.2, -0.15) is 4.68 Å². The van der Waals surface area contributed by atoms with Gasteiger partial charge in [-0.15, -0.1) is 5.10 Å². The standard InChI is InChI=1S/C30H49N3O/c1-2-3-4-5-6-7-8-9-10-11-12-13-14-15-16-17-18-19-20-21-22-27-30(34)33-29-26-24-23-25-28(29)31-32-33/h18-19,23-26H,2-17,20-22,27H2,1H3/b19-18+. The Hall–Kier alpha value is -1.97. The van der Waals surface area contributed by atoms with Gasteiger partial charge in [0.05, 0.1) is 5.52 Å². The number of rotatable bonds is 21. The highest BCUT2D eigenvalue weighted by Gasteiger charge is 2.10. The van der Waals surface area contributed by atoms with Crippen LogP contribution in [0.3, 0.4) is 0 Å². The molecular weight excluding hydrogens is 418 g/mol. The molecule has 0 aliphatic rings. The van der Waals surface area contributed by atoms with Gasteiger partial charge in [0, 0.05) is 6.42 Å². The number of benzene rings is 1. The first-order chi connectivity index (χ1) is 16.8. The molecule has 0 saturated carbocycles. The highest BCUT2D eigenvalue weighted by atomic mass is 16.2. The van der Waals surface area contributed by atoms with E-state index in [4.69, 9.17) is 0 Å². The number of carbonyl (C=O) groups is 1. The van der Waals surface area contributed by atoms with Crippen molar-refractivity contribution in [1.29, 1.82) is 0 Å². The zero-order valence-electron chi connectivity index (χ0n) is 21.9. The minimum atomic E-state index is 0.0375. The quantitative estimate of drug-likeness (QED) is 0.136. The predicted octanol–water partition coefficient (Wildman–Crippen LogP) is 9.45. The summed E-state index contributed by atoms with van der Waals surface area (Å²) in [5.41, 5.74) is 1.58. The van der Waals surface area contributed by atoms with Crippen LogP contribution in [0.4, 0.5) is 0 Å². The summed E-state index contributed by atoms with van der Waals surface area (Å²) in [6.45, 7) is 2.29. The molecule has 0 saturated heterocycles. The average molecular weight is 468 g/mol. The van der Waals surface area contributed by atoms with E-state index in [1.165, 1.54) is 107 Å². The van der Waals surface area contributed by atoms with Crippen LogP contribution >= 0.6 is 0 Å². The molecule has 0 aliphatic carbocycles. The Labute approximate surface area is 208 Å². The van der Waals surface area contributed by atoms with Gasteiger partial charge in [0.15, 0.2) is 0 Å². The molecule has 1 heterocycles. The lowest BCUT2D eigenvalue weighted by atomic mass is 10.0. The SMILES string of the molecule is CCCCCCCCCCCCCCCCC/C=C/CCCCC(=O)n1nnc2ccccc21. The van der Waals surface area contributed by atoms with E-state index in [1.54, 1.807) is 0 Å². The molecule has 0 amide bonds. The van der Waals surface area contributed by atoms with Crippen molar-refractivity contribution >= 4 is 16.9 Å². The Morgan fingerprint density at radius 1 is 0.706 bits per heavy atom. The Kier molecular flexibility index (Phi) is 16.1. The van der Waals surface area contributed by atoms with Crippen molar-refractivity contribution in [3.8, 4) is 0 Å². The lowest BCUT2D eigenvalue weighted by Crippen LogP contribution is -2.11. The molecule has 1 aromatic heterocycles. The smallest absolute Gasteiger partial charge is 0.248 e. The summed E-state index contributed by atoms with van der Waals surface area (Å²) in [4.78, 5) is 12.4. The second-order valence-electron chi connectivity index (χ2n) is 9.84. The van der Waals surface area contributed by atoms with Crippen LogP contribution in [0.5, 0.6) is 0 Å². The molecule has 0 bridgehead atoms. The van der Waals surface area contributed by atoms with Gasteiger partial charge >= 0.3 is 0 Å². The summed E-state index contributed by atoms with van der Waals surface area (Å²) in [6, 6.07) is 7.61. The largest absolute Gasteiger partial charge is 0.273 e. The number of unbranched alkanes of at least 4 members (excludes halogenated alkanes) is 17. The Balaban J connectivity index is 1.32. The van der Waals surface area contributed by atoms with Crippen molar-refractivity contribution in [2.24, 2.45) is 0 Å². The summed E-state index contributed by atoms with van der Waals surface area (Å²) in [6.07, 6.45) is 30.6. The number of allylic oxidation sites excluding steroid dienone is 2. The van der Waals surface area contributed by atoms with Crippen LogP contribution in [0.15, 0.2) is 36.4 Å². The first kappa shape index (κ1) is 28.3. The zero-order chi connectivity index (χ0) is 24.1. The Morgan fingerprint density at radius 3 is 1.79 bits per heavy atom. The Bertz CT molecular complexity index is 795. The molecule has 34 heavy (non-hydrogen) atoms. The third-order valence-electron chi connectivity index (χ3n) is 6.74. The van der Waals surface area contributed by atoms with Gasteiger partial charge in [-0.3, -0.25) is 4.79 Å². The highest BCUT2D eigenvalue weighted by molar-refractivity contribution is 5.88. The van der Waals surface area contributed by atoms with E-state index in [2.05, 4.69) is 29.4 Å². The summed E-state index contributed by atoms with van der Waals surface area (Å²) in [5.74, 6) is 0.0375. The van der Waals surface area contributed by atoms with Crippen LogP contribution < -0.4 is 0 Å². The van der Waals surface area contributed by atoms with Gasteiger partial charge in [0.2, 0.25) is 5.91 Å². The van der Waals surface area contributed by atoms with Crippen LogP contribution in [0.25, 0.3) is 11.0 Å². The molecule has 4 heteroatoms. The predicted molar refractivity (Wildman–Crippen MR) is 145 cm³/mol. The van der Waals surface area contributed by atoms with Gasteiger partial charge < -0.3 is 0 Å². The van der Waals surface area contributed by atoms with Gasteiger partial charge in [-0.25, -0.2) is 0 Å². The maximum Gasteiger partial charge on any atom is 0.248 e. The van der Waals surface area contributed by atoms with E-state index in [0.29, 0.717) is 6.42 Å². The van der Waals surface area contributed by atoms with Crippen LogP contribution in [0, 0.1) is 0 Å². The van der Waals surface area contributed by atoms with Gasteiger partial charge in [0.1, 0.15) is 5.52 Å². The lowest BCUT2D eigenvalue weighted by Gasteiger charge is -2.03. The molecule has 1 aromatic carbocycles. The number of para-hydroxylation sites is 1. The van der Waals surface area contributed by atoms with E-state index in [-0.39, 0.29) is 5.91 Å². The third-order valence-corrected chi connectivity index (χ3v) is 6.74. The topological polar surface area (TPSA) is 47.8 Å². The van der Waals surface area contributed by atoms with E-state index in [0.717, 1.165) is 30.3 Å². The first-order valence-electron chi connectivity index (χ1n) is 14.3. The fourth-order valence-corrected chi connectivity index (χ4v) is 4.57. The normalized spacial score (nSPS) is 11.7. The number of carbonyl (C=O) groups excluding carboxylic acids is 1. The zero-order valence-corrected chi connectivity index (χ0v) is 21.9. The molecule has 0 N–H and O–H groups in total. The minimum absolute atomic E-state index is 0.0375. The van der Waals surface area contributed by atoms with Gasteiger partial charge in [-0.1, -0.05) is 126 Å². The monoisotopic (exact) mass is 467 g/mol. The van der Waals surface area contributed by atoms with Crippen LogP contribution in [0.2, 0.25) is 0 Å². The average Bonchev–Trinajstić information content (AvgIpc) is 3.29. The van der Waals surface area contributed by atoms with Crippen molar-refractivity contribution in [1.82, 2.24) is 15.0 Å². The van der Waals surface area contributed by atoms with E-state index < -0.39 is 0 Å². The fourth-order valence-electron chi connectivity index (χ4n) is 4.57. The second kappa shape index (κ2) is 19.3. The number of aromatic nitrogens is 3. The molecule has 0 spiro atoms. The number of fused-ring (bicyclic) bond motifs is 1. The maximum absolute atomic E-state index is 12.4. The summed E-state index contributed by atoms with van der Waals surface area (Å²) in [5, 5.41) is 8.06. The summed E-state index contributed by atoms with van der Waals surface area (Å²) < 4.78 is 1.45. The van der Waals surface area contributed by atoms with E-state index in [9.17, 15) is 4.79 Å². The molecule has 0 aliphatic heterocycles. The van der Waals surface area contributed by atoms with Crippen molar-refractivity contribution in [3.63, 3.8) is 0 Å². The molecular formula is C30H49N3O. The minimum Gasteiger partial charge on any atom is -0.273 e. The summed E-state index contributed by atoms with van der Waals surface area (Å²) >= 11 is 0. The Morgan fingerprint density at radius 2 is 1.21 bits per heavy atom. The fraction of sp³-hybridized carbons (Fsp3) is 0.700. The molecule has 0 unspecified atom stereocenters. The molecule has 0 fully saturated rings. The first-order valence-corrected chi connectivity index (χ1v) is 14.3. The highest BCUT2D eigenvalue weighted by Crippen LogP contribution is 2.14. The van der Waals surface area contributed by atoms with Gasteiger partial charge in [-0.05, 0) is 44.2 Å². The summed E-state index contributed by atoms with van der Waals surface area (Å²) in [7, 11) is 0. The molecule has 2 rings (SSSR count). The lowest BCUT2D eigenvalue weighted by molar-refractivity contribution is 0.0886. The van der Waals surface area contributed by atoms with Crippen molar-refractivity contribution in [2.45, 2.75) is 135 Å². The molecule has 190 valence electrons. The van der Waals surface area contributed by atoms with E-state index in [1.807, 2.05) is 24.3 Å². The van der Waals surface area contributed by atoms with Gasteiger partial charge in [0.25, 0.3) is 0 Å². The van der Waals surface area contributed by atoms with Crippen molar-refractivity contribution in [3.05, 3.63) is 36.4 Å².